The van der Waals surface area contributed by atoms with Gasteiger partial charge in [-0.1, -0.05) is 22.9 Å². The number of nitrogens with one attached hydrogen (secondary N) is 1. The number of hydrogen-bond donors (Lipinski definition) is 1. The molecule has 1 fully saturated rings. The third-order valence-electron chi connectivity index (χ3n) is 3.34. The number of carbonyl (C=O) groups excluding carboxylic acids is 1. The normalized spacial score (nSPS) is 17.1. The van der Waals surface area contributed by atoms with Crippen molar-refractivity contribution in [1.82, 2.24) is 4.98 Å². The van der Waals surface area contributed by atoms with E-state index in [2.05, 4.69) is 31.1 Å². The molecule has 104 valence electrons. The first kappa shape index (κ1) is 14.3. The third kappa shape index (κ3) is 3.93. The van der Waals surface area contributed by atoms with Crippen LogP contribution in [0.5, 0.6) is 0 Å². The molecule has 1 N–H and O–H groups in total. The van der Waals surface area contributed by atoms with E-state index in [1.807, 2.05) is 19.1 Å². The highest BCUT2D eigenvalue weighted by molar-refractivity contribution is 9.10. The average molecular weight is 326 g/mol. The minimum Gasteiger partial charge on any atom is -0.357 e. The molecule has 5 heteroatoms. The molecule has 1 atom stereocenters. The quantitative estimate of drug-likeness (QED) is 0.865. The van der Waals surface area contributed by atoms with Gasteiger partial charge in [0.1, 0.15) is 5.82 Å². The molecule has 0 aliphatic carbocycles. The Hall–Kier alpha value is -1.10. The van der Waals surface area contributed by atoms with Crippen LogP contribution in [-0.2, 0) is 4.79 Å². The molecule has 1 amide bonds. The van der Waals surface area contributed by atoms with E-state index in [4.69, 9.17) is 0 Å². The van der Waals surface area contributed by atoms with Crippen molar-refractivity contribution < 1.29 is 4.79 Å². The van der Waals surface area contributed by atoms with Gasteiger partial charge in [-0.2, -0.15) is 0 Å². The number of rotatable bonds is 4. The van der Waals surface area contributed by atoms with Crippen molar-refractivity contribution in [2.24, 2.45) is 0 Å². The Labute approximate surface area is 122 Å². The summed E-state index contributed by atoms with van der Waals surface area (Å²) in [5.41, 5.74) is 0.753. The number of aromatic nitrogens is 1. The molecular formula is C14H20BrN3O. The van der Waals surface area contributed by atoms with Gasteiger partial charge in [0.15, 0.2) is 0 Å². The van der Waals surface area contributed by atoms with Gasteiger partial charge in [-0.15, -0.1) is 0 Å². The fraction of sp³-hybridized carbons (Fsp3) is 0.571. The van der Waals surface area contributed by atoms with Crippen LogP contribution in [0.4, 0.5) is 11.5 Å². The van der Waals surface area contributed by atoms with Gasteiger partial charge in [-0.05, 0) is 37.8 Å². The summed E-state index contributed by atoms with van der Waals surface area (Å²) in [5.74, 6) is 0.985. The van der Waals surface area contributed by atoms with E-state index in [-0.39, 0.29) is 10.7 Å². The van der Waals surface area contributed by atoms with E-state index < -0.39 is 0 Å². The van der Waals surface area contributed by atoms with Crippen molar-refractivity contribution in [1.29, 1.82) is 0 Å². The minimum absolute atomic E-state index is 0.0185. The maximum Gasteiger partial charge on any atom is 0.238 e. The Morgan fingerprint density at radius 1 is 1.42 bits per heavy atom. The molecule has 0 saturated carbocycles. The fourth-order valence-electron chi connectivity index (χ4n) is 2.18. The van der Waals surface area contributed by atoms with Crippen LogP contribution in [0, 0.1) is 0 Å². The first-order valence-corrected chi connectivity index (χ1v) is 7.78. The zero-order valence-electron chi connectivity index (χ0n) is 11.2. The van der Waals surface area contributed by atoms with Crippen molar-refractivity contribution in [3.63, 3.8) is 0 Å². The van der Waals surface area contributed by atoms with E-state index >= 15 is 0 Å². The Kier molecular flexibility index (Phi) is 5.19. The molecule has 1 aromatic heterocycles. The summed E-state index contributed by atoms with van der Waals surface area (Å²) in [4.78, 5) is 18.3. The van der Waals surface area contributed by atoms with E-state index in [0.717, 1.165) is 31.0 Å². The second-order valence-corrected chi connectivity index (χ2v) is 5.92. The highest BCUT2D eigenvalue weighted by Gasteiger charge is 2.14. The van der Waals surface area contributed by atoms with Gasteiger partial charge < -0.3 is 10.2 Å². The first-order chi connectivity index (χ1) is 9.20. The zero-order chi connectivity index (χ0) is 13.7. The van der Waals surface area contributed by atoms with Crippen LogP contribution in [0.1, 0.15) is 32.6 Å². The summed E-state index contributed by atoms with van der Waals surface area (Å²) >= 11 is 3.34. The van der Waals surface area contributed by atoms with Crippen LogP contribution < -0.4 is 10.2 Å². The smallest absolute Gasteiger partial charge is 0.238 e. The van der Waals surface area contributed by atoms with Crippen LogP contribution in [0.25, 0.3) is 0 Å². The lowest BCUT2D eigenvalue weighted by Crippen LogP contribution is -2.30. The predicted octanol–water partition coefficient (Wildman–Crippen LogP) is 3.18. The van der Waals surface area contributed by atoms with Crippen LogP contribution in [0.15, 0.2) is 18.3 Å². The van der Waals surface area contributed by atoms with Crippen LogP contribution in [0.3, 0.4) is 0 Å². The predicted molar refractivity (Wildman–Crippen MR) is 81.9 cm³/mol. The molecule has 1 aliphatic heterocycles. The second kappa shape index (κ2) is 6.89. The van der Waals surface area contributed by atoms with Crippen molar-refractivity contribution >= 4 is 33.3 Å². The lowest BCUT2D eigenvalue weighted by atomic mass is 10.1. The van der Waals surface area contributed by atoms with Gasteiger partial charge in [0, 0.05) is 13.1 Å². The highest BCUT2D eigenvalue weighted by atomic mass is 79.9. The Bertz CT molecular complexity index is 415. The Balaban J connectivity index is 1.96. The lowest BCUT2D eigenvalue weighted by molar-refractivity contribution is -0.115. The second-order valence-electron chi connectivity index (χ2n) is 4.82. The Morgan fingerprint density at radius 3 is 2.74 bits per heavy atom. The standard InChI is InChI=1S/C14H20BrN3O/c1-2-12(15)14(19)17-11-6-7-13(16-10-11)18-8-4-3-5-9-18/h6-7,10,12H,2-5,8-9H2,1H3,(H,17,19). The van der Waals surface area contributed by atoms with Crippen LogP contribution in [0.2, 0.25) is 0 Å². The topological polar surface area (TPSA) is 45.2 Å². The molecule has 0 radical (unpaired) electrons. The number of halogens is 1. The first-order valence-electron chi connectivity index (χ1n) is 6.86. The number of hydrogen-bond acceptors (Lipinski definition) is 3. The number of nitrogens with zero attached hydrogens (tertiary/aromatic N) is 2. The zero-order valence-corrected chi connectivity index (χ0v) is 12.8. The summed E-state index contributed by atoms with van der Waals surface area (Å²) in [7, 11) is 0. The molecule has 19 heavy (non-hydrogen) atoms. The average Bonchev–Trinajstić information content (AvgIpc) is 2.48. The van der Waals surface area contributed by atoms with Gasteiger partial charge in [-0.25, -0.2) is 4.98 Å². The molecule has 1 unspecified atom stereocenters. The van der Waals surface area contributed by atoms with Gasteiger partial charge >= 0.3 is 0 Å². The molecule has 4 nitrogen and oxygen atoms in total. The molecule has 2 heterocycles. The van der Waals surface area contributed by atoms with Crippen molar-refractivity contribution in [2.75, 3.05) is 23.3 Å². The number of piperidine rings is 1. The van der Waals surface area contributed by atoms with Crippen molar-refractivity contribution in [3.8, 4) is 0 Å². The number of amides is 1. The van der Waals surface area contributed by atoms with Gasteiger partial charge in [0.25, 0.3) is 0 Å². The lowest BCUT2D eigenvalue weighted by Gasteiger charge is -2.27. The van der Waals surface area contributed by atoms with Crippen molar-refractivity contribution in [3.05, 3.63) is 18.3 Å². The minimum atomic E-state index is -0.144. The molecule has 1 aromatic rings. The molecule has 0 aromatic carbocycles. The van der Waals surface area contributed by atoms with Crippen LogP contribution >= 0.6 is 15.9 Å². The van der Waals surface area contributed by atoms with Gasteiger partial charge in [0.2, 0.25) is 5.91 Å². The van der Waals surface area contributed by atoms with E-state index in [0.29, 0.717) is 0 Å². The summed E-state index contributed by atoms with van der Waals surface area (Å²) in [6, 6.07) is 3.90. The molecule has 1 saturated heterocycles. The van der Waals surface area contributed by atoms with Gasteiger partial charge in [0.05, 0.1) is 16.7 Å². The third-order valence-corrected chi connectivity index (χ3v) is 4.40. The number of anilines is 2. The monoisotopic (exact) mass is 325 g/mol. The van der Waals surface area contributed by atoms with E-state index in [1.165, 1.54) is 19.3 Å². The molecule has 0 spiro atoms. The summed E-state index contributed by atoms with van der Waals surface area (Å²) < 4.78 is 0. The maximum absolute atomic E-state index is 11.7. The summed E-state index contributed by atoms with van der Waals surface area (Å²) in [6.07, 6.45) is 6.29. The number of pyridine rings is 1. The van der Waals surface area contributed by atoms with E-state index in [9.17, 15) is 4.79 Å². The molecule has 1 aliphatic rings. The fourth-order valence-corrected chi connectivity index (χ4v) is 2.29. The van der Waals surface area contributed by atoms with Gasteiger partial charge in [-0.3, -0.25) is 4.79 Å². The number of alkyl halides is 1. The maximum atomic E-state index is 11.7. The SMILES string of the molecule is CCC(Br)C(=O)Nc1ccc(N2CCCCC2)nc1. The highest BCUT2D eigenvalue weighted by Crippen LogP contribution is 2.19. The molecule has 2 rings (SSSR count). The molecule has 0 bridgehead atoms. The number of carbonyl (C=O) groups is 1. The summed E-state index contributed by atoms with van der Waals surface area (Å²) in [5, 5.41) is 2.86. The summed E-state index contributed by atoms with van der Waals surface area (Å²) in [6.45, 7) is 4.13. The van der Waals surface area contributed by atoms with Crippen LogP contribution in [-0.4, -0.2) is 28.8 Å². The molecular weight excluding hydrogens is 306 g/mol. The van der Waals surface area contributed by atoms with Crippen molar-refractivity contribution in [2.45, 2.75) is 37.4 Å². The largest absolute Gasteiger partial charge is 0.357 e. The Morgan fingerprint density at radius 2 is 2.16 bits per heavy atom. The van der Waals surface area contributed by atoms with E-state index in [1.54, 1.807) is 6.20 Å².